The zero-order valence-corrected chi connectivity index (χ0v) is 14.2. The fraction of sp³-hybridized carbons (Fsp3) is 0.556. The number of benzene rings is 1. The van der Waals surface area contributed by atoms with E-state index in [1.165, 1.54) is 0 Å². The monoisotopic (exact) mass is 332 g/mol. The van der Waals surface area contributed by atoms with E-state index in [9.17, 15) is 14.7 Å². The summed E-state index contributed by atoms with van der Waals surface area (Å²) in [5.41, 5.74) is -1.44. The Morgan fingerprint density at radius 1 is 1.25 bits per heavy atom. The number of urea groups is 1. The van der Waals surface area contributed by atoms with Gasteiger partial charge < -0.3 is 15.2 Å². The van der Waals surface area contributed by atoms with Crippen LogP contribution in [0.1, 0.15) is 44.6 Å². The van der Waals surface area contributed by atoms with E-state index in [1.54, 1.807) is 38.3 Å². The van der Waals surface area contributed by atoms with Crippen LogP contribution in [-0.4, -0.2) is 41.2 Å². The molecule has 1 aliphatic heterocycles. The molecule has 0 spiro atoms. The summed E-state index contributed by atoms with van der Waals surface area (Å²) in [5, 5.41) is 13.5. The third kappa shape index (κ3) is 2.86. The normalized spacial score (nSPS) is 26.4. The minimum Gasteiger partial charge on any atom is -0.497 e. The molecule has 3 rings (SSSR count). The van der Waals surface area contributed by atoms with Crippen molar-refractivity contribution in [3.63, 3.8) is 0 Å². The summed E-state index contributed by atoms with van der Waals surface area (Å²) in [6.07, 6.45) is 4.18. The Kier molecular flexibility index (Phi) is 4.25. The van der Waals surface area contributed by atoms with Gasteiger partial charge in [-0.25, -0.2) is 4.79 Å². The van der Waals surface area contributed by atoms with E-state index in [0.29, 0.717) is 24.2 Å². The zero-order valence-electron chi connectivity index (χ0n) is 14.2. The van der Waals surface area contributed by atoms with E-state index in [0.717, 1.165) is 24.2 Å². The second-order valence-electron chi connectivity index (χ2n) is 6.96. The molecule has 0 radical (unpaired) electrons. The Morgan fingerprint density at radius 2 is 1.96 bits per heavy atom. The molecule has 0 unspecified atom stereocenters. The van der Waals surface area contributed by atoms with Crippen molar-refractivity contribution in [2.45, 2.75) is 50.2 Å². The number of imide groups is 1. The maximum atomic E-state index is 12.9. The van der Waals surface area contributed by atoms with E-state index in [2.05, 4.69) is 5.32 Å². The number of carbonyl (C=O) groups is 2. The number of aliphatic hydroxyl groups is 1. The van der Waals surface area contributed by atoms with Crippen LogP contribution in [0.2, 0.25) is 0 Å². The van der Waals surface area contributed by atoms with E-state index in [-0.39, 0.29) is 12.5 Å². The lowest BCUT2D eigenvalue weighted by atomic mass is 9.84. The molecular weight excluding hydrogens is 308 g/mol. The molecule has 6 heteroatoms. The van der Waals surface area contributed by atoms with Gasteiger partial charge in [-0.05, 0) is 37.5 Å². The van der Waals surface area contributed by atoms with Gasteiger partial charge in [-0.15, -0.1) is 0 Å². The van der Waals surface area contributed by atoms with Gasteiger partial charge in [-0.3, -0.25) is 9.69 Å². The second-order valence-corrected chi connectivity index (χ2v) is 6.96. The predicted molar refractivity (Wildman–Crippen MR) is 88.6 cm³/mol. The van der Waals surface area contributed by atoms with Crippen LogP contribution in [0.4, 0.5) is 4.79 Å². The van der Waals surface area contributed by atoms with Crippen molar-refractivity contribution < 1.29 is 19.4 Å². The SMILES string of the molecule is COc1cccc([C@@]2(C)NC(=O)N(CC3(O)CCCCC3)C2=O)c1. The molecule has 1 saturated heterocycles. The topological polar surface area (TPSA) is 78.9 Å². The summed E-state index contributed by atoms with van der Waals surface area (Å²) in [5.74, 6) is 0.292. The molecular formula is C18H24N2O4. The highest BCUT2D eigenvalue weighted by atomic mass is 16.5. The Labute approximate surface area is 141 Å². The predicted octanol–water partition coefficient (Wildman–Crippen LogP) is 2.16. The molecule has 3 amide bonds. The molecule has 2 N–H and O–H groups in total. The first-order valence-electron chi connectivity index (χ1n) is 8.39. The number of amides is 3. The highest BCUT2D eigenvalue weighted by Crippen LogP contribution is 2.34. The number of rotatable bonds is 4. The van der Waals surface area contributed by atoms with Crippen LogP contribution in [0.5, 0.6) is 5.75 Å². The Bertz CT molecular complexity index is 654. The zero-order chi connectivity index (χ0) is 17.4. The molecule has 130 valence electrons. The van der Waals surface area contributed by atoms with Gasteiger partial charge in [0.15, 0.2) is 0 Å². The van der Waals surface area contributed by atoms with E-state index < -0.39 is 17.2 Å². The van der Waals surface area contributed by atoms with Gasteiger partial charge >= 0.3 is 6.03 Å². The van der Waals surface area contributed by atoms with Crippen molar-refractivity contribution >= 4 is 11.9 Å². The standard InChI is InChI=1S/C18H24N2O4/c1-17(13-7-6-8-14(11-13)24-2)15(21)20(16(22)19-17)12-18(23)9-4-3-5-10-18/h6-8,11,23H,3-5,9-10,12H2,1-2H3,(H,19,22)/t17-/m1/s1. The third-order valence-corrected chi connectivity index (χ3v) is 5.16. The van der Waals surface area contributed by atoms with Crippen LogP contribution < -0.4 is 10.1 Å². The fourth-order valence-electron chi connectivity index (χ4n) is 3.63. The summed E-state index contributed by atoms with van der Waals surface area (Å²) in [6, 6.07) is 6.66. The number of methoxy groups -OCH3 is 1. The van der Waals surface area contributed by atoms with Gasteiger partial charge in [0.1, 0.15) is 11.3 Å². The third-order valence-electron chi connectivity index (χ3n) is 5.16. The van der Waals surface area contributed by atoms with Gasteiger partial charge in [0.25, 0.3) is 5.91 Å². The van der Waals surface area contributed by atoms with Gasteiger partial charge in [-0.1, -0.05) is 31.4 Å². The molecule has 0 aromatic heterocycles. The van der Waals surface area contributed by atoms with E-state index in [1.807, 2.05) is 0 Å². The first-order valence-corrected chi connectivity index (χ1v) is 8.39. The van der Waals surface area contributed by atoms with Gasteiger partial charge in [-0.2, -0.15) is 0 Å². The quantitative estimate of drug-likeness (QED) is 0.828. The van der Waals surface area contributed by atoms with Gasteiger partial charge in [0, 0.05) is 0 Å². The summed E-state index contributed by atoms with van der Waals surface area (Å²) >= 11 is 0. The first kappa shape index (κ1) is 16.8. The lowest BCUT2D eigenvalue weighted by Crippen LogP contribution is -2.48. The molecule has 1 heterocycles. The number of hydrogen-bond donors (Lipinski definition) is 2. The highest BCUT2D eigenvalue weighted by Gasteiger charge is 2.51. The van der Waals surface area contributed by atoms with Crippen LogP contribution >= 0.6 is 0 Å². The van der Waals surface area contributed by atoms with Crippen LogP contribution in [0, 0.1) is 0 Å². The Hall–Kier alpha value is -2.08. The molecule has 1 saturated carbocycles. The average Bonchev–Trinajstić information content (AvgIpc) is 2.80. The molecule has 1 aromatic rings. The molecule has 0 bridgehead atoms. The van der Waals surface area contributed by atoms with Crippen molar-refractivity contribution in [1.29, 1.82) is 0 Å². The molecule has 1 aromatic carbocycles. The number of β-amino-alcohol motifs (C(OH)–C–C–N with tert-alkyl or cyclic N) is 1. The minimum atomic E-state index is -1.14. The average molecular weight is 332 g/mol. The van der Waals surface area contributed by atoms with Crippen LogP contribution in [-0.2, 0) is 10.3 Å². The summed E-state index contributed by atoms with van der Waals surface area (Å²) in [4.78, 5) is 26.5. The number of nitrogens with one attached hydrogen (secondary N) is 1. The van der Waals surface area contributed by atoms with Crippen molar-refractivity contribution in [2.75, 3.05) is 13.7 Å². The molecule has 6 nitrogen and oxygen atoms in total. The Morgan fingerprint density at radius 3 is 2.62 bits per heavy atom. The number of ether oxygens (including phenoxy) is 1. The summed E-state index contributed by atoms with van der Waals surface area (Å²) < 4.78 is 5.21. The van der Waals surface area contributed by atoms with E-state index in [4.69, 9.17) is 4.74 Å². The number of nitrogens with zero attached hydrogens (tertiary/aromatic N) is 1. The summed E-state index contributed by atoms with van der Waals surface area (Å²) in [6.45, 7) is 1.74. The molecule has 2 aliphatic rings. The molecule has 2 fully saturated rings. The first-order chi connectivity index (χ1) is 11.4. The second kappa shape index (κ2) is 6.09. The Balaban J connectivity index is 1.85. The van der Waals surface area contributed by atoms with Crippen molar-refractivity contribution in [3.05, 3.63) is 29.8 Å². The minimum absolute atomic E-state index is 0.0528. The maximum Gasteiger partial charge on any atom is 0.325 e. The van der Waals surface area contributed by atoms with Crippen LogP contribution in [0.25, 0.3) is 0 Å². The van der Waals surface area contributed by atoms with Crippen LogP contribution in [0.3, 0.4) is 0 Å². The molecule has 24 heavy (non-hydrogen) atoms. The maximum absolute atomic E-state index is 12.9. The lowest BCUT2D eigenvalue weighted by Gasteiger charge is -2.34. The van der Waals surface area contributed by atoms with Gasteiger partial charge in [0.05, 0.1) is 19.3 Å². The van der Waals surface area contributed by atoms with E-state index >= 15 is 0 Å². The molecule has 1 atom stereocenters. The molecule has 1 aliphatic carbocycles. The smallest absolute Gasteiger partial charge is 0.325 e. The number of carbonyl (C=O) groups excluding carboxylic acids is 2. The van der Waals surface area contributed by atoms with Crippen molar-refractivity contribution in [1.82, 2.24) is 10.2 Å². The van der Waals surface area contributed by atoms with Crippen LogP contribution in [0.15, 0.2) is 24.3 Å². The largest absolute Gasteiger partial charge is 0.497 e. The lowest BCUT2D eigenvalue weighted by molar-refractivity contribution is -0.134. The van der Waals surface area contributed by atoms with Crippen molar-refractivity contribution in [2.24, 2.45) is 0 Å². The highest BCUT2D eigenvalue weighted by molar-refractivity contribution is 6.07. The number of hydrogen-bond acceptors (Lipinski definition) is 4. The van der Waals surface area contributed by atoms with Gasteiger partial charge in [0.2, 0.25) is 0 Å². The fourth-order valence-corrected chi connectivity index (χ4v) is 3.63. The van der Waals surface area contributed by atoms with Crippen molar-refractivity contribution in [3.8, 4) is 5.75 Å². The summed E-state index contributed by atoms with van der Waals surface area (Å²) in [7, 11) is 1.56.